The Morgan fingerprint density at radius 2 is 1.90 bits per heavy atom. The normalized spacial score (nSPS) is 15.4. The number of hydrogen-bond acceptors (Lipinski definition) is 5. The lowest BCUT2D eigenvalue weighted by atomic mass is 9.81. The smallest absolute Gasteiger partial charge is 0.303 e. The number of benzene rings is 2. The summed E-state index contributed by atoms with van der Waals surface area (Å²) >= 11 is 15.8. The maximum absolute atomic E-state index is 11.3. The molecule has 4 aromatic rings. The van der Waals surface area contributed by atoms with Gasteiger partial charge in [-0.3, -0.25) is 4.79 Å². The van der Waals surface area contributed by atoms with Gasteiger partial charge in [0, 0.05) is 5.92 Å². The molecule has 8 heteroatoms. The molecule has 0 saturated heterocycles. The molecular formula is C33H33Cl2NO3S2. The standard InChI is InChI=1S/C33H33Cl2NO3S2/c1-32(2,39)26-9-4-3-8-25(26)24(14-17-40-20-33(15-16-33)19-28(37)38)22-7-5-6-21(18-22)10-11-23-12-13-27-30(36-23)29(34)31(35)41-27/h3-13,18,24,39H,14-17,19-20H2,1-2H3,(H,37,38)/b11-10+. The fourth-order valence-corrected chi connectivity index (χ4v) is 8.09. The van der Waals surface area contributed by atoms with E-state index >= 15 is 0 Å². The SMILES string of the molecule is CC(C)(O)c1ccccc1C(CCSCC1(CC(=O)O)CC1)c1cccc(/C=C/c2ccc3sc(Cl)c(Cl)c3n2)c1. The van der Waals surface area contributed by atoms with Gasteiger partial charge in [0.15, 0.2) is 0 Å². The third-order valence-corrected chi connectivity index (χ3v) is 10.9. The van der Waals surface area contributed by atoms with E-state index < -0.39 is 11.6 Å². The second kappa shape index (κ2) is 12.5. The summed E-state index contributed by atoms with van der Waals surface area (Å²) in [5.74, 6) is 1.15. The lowest BCUT2D eigenvalue weighted by Gasteiger charge is -2.27. The first-order valence-corrected chi connectivity index (χ1v) is 16.4. The fourth-order valence-electron chi connectivity index (χ4n) is 5.31. The summed E-state index contributed by atoms with van der Waals surface area (Å²) < 4.78 is 1.51. The predicted molar refractivity (Wildman–Crippen MR) is 174 cm³/mol. The molecule has 1 unspecified atom stereocenters. The van der Waals surface area contributed by atoms with Crippen LogP contribution < -0.4 is 0 Å². The van der Waals surface area contributed by atoms with E-state index in [0.29, 0.717) is 9.36 Å². The van der Waals surface area contributed by atoms with Crippen molar-refractivity contribution >= 4 is 74.6 Å². The zero-order valence-electron chi connectivity index (χ0n) is 23.1. The van der Waals surface area contributed by atoms with E-state index in [0.717, 1.165) is 63.4 Å². The second-order valence-corrected chi connectivity index (χ2v) is 14.5. The van der Waals surface area contributed by atoms with Gasteiger partial charge in [-0.25, -0.2) is 4.98 Å². The number of carboxylic acid groups (broad SMARTS) is 1. The van der Waals surface area contributed by atoms with Crippen molar-refractivity contribution in [1.82, 2.24) is 4.98 Å². The third kappa shape index (κ3) is 7.36. The van der Waals surface area contributed by atoms with Crippen molar-refractivity contribution < 1.29 is 15.0 Å². The van der Waals surface area contributed by atoms with Gasteiger partial charge in [0.25, 0.3) is 0 Å². The maximum Gasteiger partial charge on any atom is 0.303 e. The van der Waals surface area contributed by atoms with Gasteiger partial charge >= 0.3 is 5.97 Å². The molecular weight excluding hydrogens is 593 g/mol. The lowest BCUT2D eigenvalue weighted by molar-refractivity contribution is -0.138. The number of aliphatic carboxylic acids is 1. The van der Waals surface area contributed by atoms with Gasteiger partial charge in [0.05, 0.1) is 27.4 Å². The van der Waals surface area contributed by atoms with Gasteiger partial charge in [-0.15, -0.1) is 11.3 Å². The van der Waals surface area contributed by atoms with Crippen LogP contribution in [-0.2, 0) is 10.4 Å². The van der Waals surface area contributed by atoms with Gasteiger partial charge < -0.3 is 10.2 Å². The Hall–Kier alpha value is -2.35. The molecule has 214 valence electrons. The van der Waals surface area contributed by atoms with Crippen molar-refractivity contribution in [3.05, 3.63) is 98.0 Å². The molecule has 1 aliphatic rings. The average Bonchev–Trinajstić information content (AvgIpc) is 3.63. The lowest BCUT2D eigenvalue weighted by Crippen LogP contribution is -2.20. The molecule has 1 saturated carbocycles. The summed E-state index contributed by atoms with van der Waals surface area (Å²) in [6, 6.07) is 20.6. The number of pyridine rings is 1. The van der Waals surface area contributed by atoms with E-state index in [9.17, 15) is 15.0 Å². The monoisotopic (exact) mass is 625 g/mol. The highest BCUT2D eigenvalue weighted by Gasteiger charge is 2.44. The number of thioether (sulfide) groups is 1. The average molecular weight is 627 g/mol. The van der Waals surface area contributed by atoms with Crippen molar-refractivity contribution in [2.24, 2.45) is 5.41 Å². The van der Waals surface area contributed by atoms with Crippen LogP contribution >= 0.6 is 46.3 Å². The first-order chi connectivity index (χ1) is 19.5. The van der Waals surface area contributed by atoms with E-state index in [1.807, 2.05) is 62.0 Å². The third-order valence-electron chi connectivity index (χ3n) is 7.66. The topological polar surface area (TPSA) is 70.4 Å². The number of carbonyl (C=O) groups is 1. The van der Waals surface area contributed by atoms with Crippen LogP contribution in [0.1, 0.15) is 73.4 Å². The molecule has 4 nitrogen and oxygen atoms in total. The molecule has 2 heterocycles. The van der Waals surface area contributed by atoms with Crippen LogP contribution in [0.25, 0.3) is 22.4 Å². The summed E-state index contributed by atoms with van der Waals surface area (Å²) in [5, 5.41) is 20.8. The number of aromatic nitrogens is 1. The van der Waals surface area contributed by atoms with E-state index in [1.165, 1.54) is 16.9 Å². The molecule has 0 spiro atoms. The van der Waals surface area contributed by atoms with Gasteiger partial charge in [-0.1, -0.05) is 77.8 Å². The van der Waals surface area contributed by atoms with E-state index in [4.69, 9.17) is 23.2 Å². The Labute approximate surface area is 259 Å². The molecule has 1 fully saturated rings. The van der Waals surface area contributed by atoms with Crippen molar-refractivity contribution in [2.75, 3.05) is 11.5 Å². The molecule has 0 amide bonds. The number of carboxylic acids is 1. The number of hydrogen-bond donors (Lipinski definition) is 2. The molecule has 2 N–H and O–H groups in total. The van der Waals surface area contributed by atoms with Gasteiger partial charge in [-0.2, -0.15) is 11.8 Å². The summed E-state index contributed by atoms with van der Waals surface area (Å²) in [6.07, 6.45) is 7.16. The summed E-state index contributed by atoms with van der Waals surface area (Å²) in [6.45, 7) is 3.66. The molecule has 1 aliphatic carbocycles. The van der Waals surface area contributed by atoms with Crippen LogP contribution in [0.3, 0.4) is 0 Å². The molecule has 1 atom stereocenters. The Kier molecular flexibility index (Phi) is 9.17. The van der Waals surface area contributed by atoms with Crippen molar-refractivity contribution in [3.63, 3.8) is 0 Å². The first-order valence-electron chi connectivity index (χ1n) is 13.7. The molecule has 0 bridgehead atoms. The molecule has 2 aromatic carbocycles. The van der Waals surface area contributed by atoms with Gasteiger partial charge in [-0.05, 0) is 90.5 Å². The Morgan fingerprint density at radius 3 is 2.63 bits per heavy atom. The summed E-state index contributed by atoms with van der Waals surface area (Å²) in [4.78, 5) is 16.0. The highest BCUT2D eigenvalue weighted by Crippen LogP contribution is 2.51. The van der Waals surface area contributed by atoms with Crippen LogP contribution in [0.4, 0.5) is 0 Å². The number of rotatable bonds is 12. The molecule has 41 heavy (non-hydrogen) atoms. The van der Waals surface area contributed by atoms with Crippen LogP contribution in [0, 0.1) is 5.41 Å². The highest BCUT2D eigenvalue weighted by atomic mass is 35.5. The Balaban J connectivity index is 1.40. The predicted octanol–water partition coefficient (Wildman–Crippen LogP) is 9.51. The van der Waals surface area contributed by atoms with Crippen LogP contribution in [-0.4, -0.2) is 32.7 Å². The van der Waals surface area contributed by atoms with E-state index in [-0.39, 0.29) is 17.8 Å². The number of thiophene rings is 1. The Bertz CT molecular complexity index is 1590. The maximum atomic E-state index is 11.3. The molecule has 5 rings (SSSR count). The minimum atomic E-state index is -0.977. The first kappa shape index (κ1) is 30.1. The minimum Gasteiger partial charge on any atom is -0.481 e. The number of fused-ring (bicyclic) bond motifs is 1. The van der Waals surface area contributed by atoms with Gasteiger partial charge in [0.1, 0.15) is 9.85 Å². The summed E-state index contributed by atoms with van der Waals surface area (Å²) in [7, 11) is 0. The van der Waals surface area contributed by atoms with Crippen LogP contribution in [0.5, 0.6) is 0 Å². The van der Waals surface area contributed by atoms with Crippen molar-refractivity contribution in [2.45, 2.75) is 51.0 Å². The van der Waals surface area contributed by atoms with E-state index in [1.54, 1.807) is 0 Å². The largest absolute Gasteiger partial charge is 0.481 e. The number of aliphatic hydroxyl groups is 1. The number of halogens is 2. The van der Waals surface area contributed by atoms with Crippen molar-refractivity contribution in [3.8, 4) is 0 Å². The van der Waals surface area contributed by atoms with Crippen molar-refractivity contribution in [1.29, 1.82) is 0 Å². The van der Waals surface area contributed by atoms with E-state index in [2.05, 4.69) is 41.4 Å². The quantitative estimate of drug-likeness (QED) is 0.153. The summed E-state index contributed by atoms with van der Waals surface area (Å²) in [5.41, 5.74) is 4.77. The van der Waals surface area contributed by atoms with Crippen LogP contribution in [0.15, 0.2) is 60.7 Å². The molecule has 0 aliphatic heterocycles. The molecule has 2 aromatic heterocycles. The zero-order valence-corrected chi connectivity index (χ0v) is 26.2. The second-order valence-electron chi connectivity index (χ2n) is 11.4. The van der Waals surface area contributed by atoms with Crippen LogP contribution in [0.2, 0.25) is 9.36 Å². The molecule has 0 radical (unpaired) electrons. The number of nitrogens with zero attached hydrogens (tertiary/aromatic N) is 1. The Morgan fingerprint density at radius 1 is 1.12 bits per heavy atom. The highest BCUT2D eigenvalue weighted by molar-refractivity contribution is 7.99. The minimum absolute atomic E-state index is 0.0304. The fraction of sp³-hybridized carbons (Fsp3) is 0.333. The van der Waals surface area contributed by atoms with Gasteiger partial charge in [0.2, 0.25) is 0 Å². The zero-order chi connectivity index (χ0) is 29.2.